The van der Waals surface area contributed by atoms with E-state index in [9.17, 15) is 1.37 Å². The maximum Gasteiger partial charge on any atom is 0.135 e. The summed E-state index contributed by atoms with van der Waals surface area (Å²) in [4.78, 5) is 0. The van der Waals surface area contributed by atoms with Crippen LogP contribution in [0.5, 0.6) is 11.5 Å². The van der Waals surface area contributed by atoms with Gasteiger partial charge in [0.2, 0.25) is 0 Å². The van der Waals surface area contributed by atoms with Crippen molar-refractivity contribution in [1.29, 1.82) is 0 Å². The van der Waals surface area contributed by atoms with Gasteiger partial charge in [0.05, 0.1) is 0 Å². The van der Waals surface area contributed by atoms with Crippen molar-refractivity contribution in [3.8, 4) is 67.1 Å². The Bertz CT molecular complexity index is 2710. The molecule has 1 aliphatic heterocycles. The number of hydrogen-bond acceptors (Lipinski definition) is 1. The van der Waals surface area contributed by atoms with Crippen molar-refractivity contribution in [2.24, 2.45) is 0 Å². The quantitative estimate of drug-likeness (QED) is 0.171. The van der Waals surface area contributed by atoms with Crippen LogP contribution in [0.3, 0.4) is 0 Å². The van der Waals surface area contributed by atoms with E-state index in [-0.39, 0.29) is 38.6 Å². The van der Waals surface area contributed by atoms with Crippen LogP contribution in [0.25, 0.3) is 55.6 Å². The summed E-state index contributed by atoms with van der Waals surface area (Å²) < 4.78 is 122. The summed E-state index contributed by atoms with van der Waals surface area (Å²) in [7, 11) is -5.05. The second kappa shape index (κ2) is 10.7. The van der Waals surface area contributed by atoms with Gasteiger partial charge in [0.15, 0.2) is 0 Å². The third-order valence-corrected chi connectivity index (χ3v) is 12.5. The van der Waals surface area contributed by atoms with E-state index in [0.717, 1.165) is 57.3 Å². The maximum absolute atomic E-state index is 10.1. The van der Waals surface area contributed by atoms with Crippen LogP contribution in [0.2, 0.25) is 13.0 Å². The first-order valence-corrected chi connectivity index (χ1v) is 18.2. The standard InChI is InChI=1S/C45H40OSi/c1-28-21-23-42-41(25-28)46-45-43(47(42,3)4)24-22-29(2)44(45)40-27-39-36-20-12-10-18-34(36)32-16-8-7-15-31(32)33-17-9-11-19-35(33)38(39)26-37(40)30-13-5-6-14-30/h7-12,15-27,30H,5-6,13-14H2,1-4H3/i1D3,2D3,3D3,4D3,30D. The topological polar surface area (TPSA) is 9.23 Å². The van der Waals surface area contributed by atoms with E-state index in [2.05, 4.69) is 18.2 Å². The molecule has 230 valence electrons. The van der Waals surface area contributed by atoms with Crippen LogP contribution in [0.15, 0.2) is 115 Å². The molecule has 0 bridgehead atoms. The van der Waals surface area contributed by atoms with Gasteiger partial charge in [-0.2, -0.15) is 0 Å². The number of ether oxygens (including phenoxy) is 1. The van der Waals surface area contributed by atoms with Crippen molar-refractivity contribution in [3.05, 3.63) is 132 Å². The monoisotopic (exact) mass is 637 g/mol. The van der Waals surface area contributed by atoms with Gasteiger partial charge in [-0.1, -0.05) is 123 Å². The summed E-state index contributed by atoms with van der Waals surface area (Å²) in [6, 6.07) is 34.2. The number of rotatable bonds is 2. The first-order chi connectivity index (χ1) is 28.2. The summed E-state index contributed by atoms with van der Waals surface area (Å²) in [5.74, 6) is -1.70. The van der Waals surface area contributed by atoms with Crippen molar-refractivity contribution in [2.75, 3.05) is 0 Å². The fourth-order valence-electron chi connectivity index (χ4n) is 7.90. The van der Waals surface area contributed by atoms with Crippen LogP contribution >= 0.6 is 0 Å². The zero-order valence-corrected chi connectivity index (χ0v) is 26.7. The first kappa shape index (κ1) is 18.0. The van der Waals surface area contributed by atoms with E-state index < -0.39 is 40.6 Å². The molecule has 0 aromatic heterocycles. The maximum atomic E-state index is 10.1. The molecular formula is C45H40OSi. The fourth-order valence-corrected chi connectivity index (χ4v) is 9.86. The smallest absolute Gasteiger partial charge is 0.135 e. The number of fused-ring (bicyclic) bond motifs is 10. The lowest BCUT2D eigenvalue weighted by molar-refractivity contribution is 0.487. The normalized spacial score (nSPS) is 21.4. The van der Waals surface area contributed by atoms with Crippen LogP contribution in [0.1, 0.15) is 66.1 Å². The van der Waals surface area contributed by atoms with E-state index >= 15 is 0 Å². The molecule has 0 unspecified atom stereocenters. The Morgan fingerprint density at radius 2 is 1.17 bits per heavy atom. The number of hydrogen-bond donors (Lipinski definition) is 0. The number of benzene rings is 6. The molecule has 9 rings (SSSR count). The minimum Gasteiger partial charge on any atom is -0.457 e. The van der Waals surface area contributed by atoms with E-state index in [1.165, 1.54) is 30.3 Å². The van der Waals surface area contributed by atoms with E-state index in [1.807, 2.05) is 66.7 Å². The summed E-state index contributed by atoms with van der Waals surface area (Å²) in [5, 5.41) is -0.256. The largest absolute Gasteiger partial charge is 0.457 e. The van der Waals surface area contributed by atoms with Crippen molar-refractivity contribution in [3.63, 3.8) is 0 Å². The van der Waals surface area contributed by atoms with E-state index in [4.69, 9.17) is 21.2 Å². The van der Waals surface area contributed by atoms with Gasteiger partial charge in [0.1, 0.15) is 19.6 Å². The lowest BCUT2D eigenvalue weighted by Crippen LogP contribution is -2.56. The highest BCUT2D eigenvalue weighted by atomic mass is 28.3. The molecule has 1 nitrogen and oxygen atoms in total. The average molecular weight is 638 g/mol. The lowest BCUT2D eigenvalue weighted by Gasteiger charge is -2.35. The van der Waals surface area contributed by atoms with Crippen LogP contribution in [0.4, 0.5) is 0 Å². The van der Waals surface area contributed by atoms with Gasteiger partial charge >= 0.3 is 0 Å². The van der Waals surface area contributed by atoms with Gasteiger partial charge in [-0.25, -0.2) is 0 Å². The SMILES string of the molecule is [2H]C([2H])([2H])c1ccc2c(c1)Oc1c(ccc(C([2H])([2H])[2H])c1-c1cc3c(cc1C1([2H])CCCC1)-c1ccccc1-c1ccccc1-c1ccccc1-3)[Si]2(C([2H])([2H])[2H])C([2H])([2H])[2H]. The van der Waals surface area contributed by atoms with Crippen LogP contribution in [0, 0.1) is 13.7 Å². The van der Waals surface area contributed by atoms with Crippen LogP contribution in [-0.2, 0) is 0 Å². The van der Waals surface area contributed by atoms with E-state index in [1.54, 1.807) is 0 Å². The van der Waals surface area contributed by atoms with Crippen molar-refractivity contribution in [2.45, 2.75) is 58.2 Å². The second-order valence-electron chi connectivity index (χ2n) is 12.8. The van der Waals surface area contributed by atoms with Gasteiger partial charge in [0, 0.05) is 23.4 Å². The molecule has 0 spiro atoms. The van der Waals surface area contributed by atoms with Crippen molar-refractivity contribution >= 4 is 18.4 Å². The van der Waals surface area contributed by atoms with Crippen molar-refractivity contribution in [1.82, 2.24) is 0 Å². The Hall–Kier alpha value is -4.66. The third-order valence-electron chi connectivity index (χ3n) is 10.1. The van der Waals surface area contributed by atoms with Gasteiger partial charge in [-0.05, 0) is 128 Å². The van der Waals surface area contributed by atoms with Crippen LogP contribution < -0.4 is 15.1 Å². The molecule has 6 aromatic rings. The summed E-state index contributed by atoms with van der Waals surface area (Å²) in [6.07, 6.45) is 2.43. The predicted octanol–water partition coefficient (Wildman–Crippen LogP) is 11.5. The fraction of sp³-hybridized carbons (Fsp3) is 0.200. The molecule has 1 fully saturated rings. The Balaban J connectivity index is 1.47. The molecule has 6 aromatic carbocycles. The van der Waals surface area contributed by atoms with Gasteiger partial charge in [0.25, 0.3) is 0 Å². The van der Waals surface area contributed by atoms with E-state index in [0.29, 0.717) is 24.0 Å². The summed E-state index contributed by atoms with van der Waals surface area (Å²) in [5.41, 5.74) is 7.65. The Labute approximate surface area is 298 Å². The van der Waals surface area contributed by atoms with Gasteiger partial charge < -0.3 is 4.74 Å². The second-order valence-corrected chi connectivity index (χ2v) is 15.4. The van der Waals surface area contributed by atoms with Gasteiger partial charge in [-0.3, -0.25) is 0 Å². The molecule has 0 atom stereocenters. The highest BCUT2D eigenvalue weighted by Crippen LogP contribution is 2.52. The first-order valence-electron chi connectivity index (χ1n) is 22.7. The molecule has 1 saturated carbocycles. The van der Waals surface area contributed by atoms with Crippen LogP contribution in [-0.4, -0.2) is 8.07 Å². The molecule has 47 heavy (non-hydrogen) atoms. The molecule has 0 saturated heterocycles. The molecule has 1 heterocycles. The third kappa shape index (κ3) is 4.34. The highest BCUT2D eigenvalue weighted by Gasteiger charge is 2.39. The Kier molecular flexibility index (Phi) is 4.10. The molecule has 0 amide bonds. The molecule has 3 aliphatic rings. The minimum absolute atomic E-state index is 0.0210. The highest BCUT2D eigenvalue weighted by molar-refractivity contribution is 7.01. The van der Waals surface area contributed by atoms with Crippen molar-refractivity contribution < 1.29 is 22.6 Å². The number of aryl methyl sites for hydroxylation is 2. The molecule has 2 aliphatic carbocycles. The Morgan fingerprint density at radius 1 is 0.596 bits per heavy atom. The molecule has 2 heteroatoms. The summed E-state index contributed by atoms with van der Waals surface area (Å²) >= 11 is 0. The lowest BCUT2D eigenvalue weighted by atomic mass is 9.77. The molecule has 0 radical (unpaired) electrons. The Morgan fingerprint density at radius 3 is 1.74 bits per heavy atom. The predicted molar refractivity (Wildman–Crippen MR) is 201 cm³/mol. The summed E-state index contributed by atoms with van der Waals surface area (Å²) in [6.45, 7) is -11.8. The molecule has 0 N–H and O–H groups in total. The molecular weight excluding hydrogens is 585 g/mol. The zero-order valence-electron chi connectivity index (χ0n) is 38.7. The zero-order chi connectivity index (χ0) is 42.8. The minimum atomic E-state index is -5.05. The van der Waals surface area contributed by atoms with Gasteiger partial charge in [-0.15, -0.1) is 0 Å². The average Bonchev–Trinajstić information content (AvgIpc) is 3.63.